The first kappa shape index (κ1) is 15.3. The number of nitrogens with one attached hydrogen (secondary N) is 1. The summed E-state index contributed by atoms with van der Waals surface area (Å²) in [5, 5.41) is 2.46. The number of amides is 1. The van der Waals surface area contributed by atoms with E-state index in [2.05, 4.69) is 10.1 Å². The molecule has 0 heterocycles. The third-order valence-corrected chi connectivity index (χ3v) is 2.52. The van der Waals surface area contributed by atoms with Crippen molar-refractivity contribution in [1.29, 1.82) is 0 Å². The molecule has 7 heteroatoms. The van der Waals surface area contributed by atoms with E-state index in [1.807, 2.05) is 0 Å². The summed E-state index contributed by atoms with van der Waals surface area (Å²) in [6, 6.07) is 5.51. The Bertz CT molecular complexity index is 435. The van der Waals surface area contributed by atoms with Gasteiger partial charge in [-0.15, -0.1) is 13.2 Å². The fourth-order valence-electron chi connectivity index (χ4n) is 1.64. The van der Waals surface area contributed by atoms with Crippen LogP contribution in [0.4, 0.5) is 13.2 Å². The highest BCUT2D eigenvalue weighted by molar-refractivity contribution is 5.78. The molecule has 1 amide bonds. The number of alkyl halides is 3. The van der Waals surface area contributed by atoms with E-state index in [0.717, 1.165) is 0 Å². The molecule has 0 saturated carbocycles. The lowest BCUT2D eigenvalue weighted by Crippen LogP contribution is -2.34. The van der Waals surface area contributed by atoms with Gasteiger partial charge in [-0.25, -0.2) is 0 Å². The topological polar surface area (TPSA) is 64.4 Å². The number of benzene rings is 1. The van der Waals surface area contributed by atoms with Gasteiger partial charge in [-0.3, -0.25) is 4.79 Å². The molecule has 1 aromatic rings. The van der Waals surface area contributed by atoms with Crippen molar-refractivity contribution < 1.29 is 22.7 Å². The molecule has 4 nitrogen and oxygen atoms in total. The molecule has 0 radical (unpaired) electrons. The Hall–Kier alpha value is -1.76. The fourth-order valence-corrected chi connectivity index (χ4v) is 1.64. The number of carbonyl (C=O) groups excluding carboxylic acids is 1. The molecule has 0 aromatic heterocycles. The second-order valence-electron chi connectivity index (χ2n) is 3.95. The first-order valence-electron chi connectivity index (χ1n) is 5.62. The molecule has 1 unspecified atom stereocenters. The van der Waals surface area contributed by atoms with Crippen molar-refractivity contribution in [3.05, 3.63) is 29.8 Å². The maximum Gasteiger partial charge on any atom is 0.573 e. The number of halogens is 3. The van der Waals surface area contributed by atoms with Crippen molar-refractivity contribution in [3.8, 4) is 5.75 Å². The van der Waals surface area contributed by atoms with E-state index in [9.17, 15) is 18.0 Å². The zero-order chi connectivity index (χ0) is 14.5. The van der Waals surface area contributed by atoms with Crippen LogP contribution in [-0.2, 0) is 11.2 Å². The molecule has 0 bridgehead atoms. The van der Waals surface area contributed by atoms with Crippen LogP contribution in [0.2, 0.25) is 0 Å². The lowest BCUT2D eigenvalue weighted by molar-refractivity contribution is -0.274. The van der Waals surface area contributed by atoms with E-state index >= 15 is 0 Å². The number of hydrogen-bond acceptors (Lipinski definition) is 3. The lowest BCUT2D eigenvalue weighted by Gasteiger charge is -2.14. The van der Waals surface area contributed by atoms with Crippen molar-refractivity contribution in [1.82, 2.24) is 5.32 Å². The Balaban J connectivity index is 2.79. The highest BCUT2D eigenvalue weighted by Gasteiger charge is 2.31. The van der Waals surface area contributed by atoms with Crippen LogP contribution in [0.15, 0.2) is 24.3 Å². The average molecular weight is 276 g/mol. The molecule has 0 saturated heterocycles. The largest absolute Gasteiger partial charge is 0.573 e. The normalized spacial score (nSPS) is 12.9. The van der Waals surface area contributed by atoms with Crippen molar-refractivity contribution >= 4 is 5.91 Å². The van der Waals surface area contributed by atoms with Gasteiger partial charge in [0.1, 0.15) is 5.75 Å². The van der Waals surface area contributed by atoms with Gasteiger partial charge in [0.2, 0.25) is 5.91 Å². The minimum absolute atomic E-state index is 0.115. The maximum absolute atomic E-state index is 12.1. The van der Waals surface area contributed by atoms with E-state index in [-0.39, 0.29) is 24.6 Å². The summed E-state index contributed by atoms with van der Waals surface area (Å²) < 4.78 is 40.0. The summed E-state index contributed by atoms with van der Waals surface area (Å²) in [5.41, 5.74) is 6.02. The van der Waals surface area contributed by atoms with Crippen LogP contribution in [0.3, 0.4) is 0 Å². The molecule has 106 valence electrons. The van der Waals surface area contributed by atoms with E-state index in [0.29, 0.717) is 5.56 Å². The second-order valence-corrected chi connectivity index (χ2v) is 3.95. The van der Waals surface area contributed by atoms with Crippen molar-refractivity contribution in [3.63, 3.8) is 0 Å². The molecule has 0 aliphatic heterocycles. The third kappa shape index (κ3) is 5.17. The number of hydrogen-bond donors (Lipinski definition) is 2. The van der Waals surface area contributed by atoms with Crippen LogP contribution in [0, 0.1) is 5.92 Å². The Morgan fingerprint density at radius 2 is 2.16 bits per heavy atom. The molecule has 0 aliphatic carbocycles. The first-order valence-corrected chi connectivity index (χ1v) is 5.62. The molecule has 19 heavy (non-hydrogen) atoms. The molecule has 1 rings (SSSR count). The van der Waals surface area contributed by atoms with E-state index in [1.54, 1.807) is 6.07 Å². The zero-order valence-corrected chi connectivity index (χ0v) is 10.3. The minimum atomic E-state index is -4.73. The standard InChI is InChI=1S/C12H15F3N2O2/c1-17-11(18)9(7-16)5-8-3-2-4-10(6-8)19-12(13,14)15/h2-4,6,9H,5,7,16H2,1H3,(H,17,18). The lowest BCUT2D eigenvalue weighted by atomic mass is 9.98. The van der Waals surface area contributed by atoms with E-state index in [1.165, 1.54) is 25.2 Å². The second kappa shape index (κ2) is 6.42. The van der Waals surface area contributed by atoms with Crippen LogP contribution < -0.4 is 15.8 Å². The molecule has 0 aliphatic rings. The Morgan fingerprint density at radius 3 is 2.68 bits per heavy atom. The van der Waals surface area contributed by atoms with Crippen molar-refractivity contribution in [2.75, 3.05) is 13.6 Å². The number of ether oxygens (including phenoxy) is 1. The molecule has 1 aromatic carbocycles. The minimum Gasteiger partial charge on any atom is -0.406 e. The number of nitrogens with two attached hydrogens (primary N) is 1. The fraction of sp³-hybridized carbons (Fsp3) is 0.417. The average Bonchev–Trinajstić information content (AvgIpc) is 2.33. The van der Waals surface area contributed by atoms with E-state index in [4.69, 9.17) is 5.73 Å². The summed E-state index contributed by atoms with van der Waals surface area (Å²) in [7, 11) is 1.48. The summed E-state index contributed by atoms with van der Waals surface area (Å²) in [6.07, 6.45) is -4.47. The highest BCUT2D eigenvalue weighted by Crippen LogP contribution is 2.24. The monoisotopic (exact) mass is 276 g/mol. The Labute approximate surface area is 108 Å². The molecule has 3 N–H and O–H groups in total. The number of rotatable bonds is 5. The number of carbonyl (C=O) groups is 1. The SMILES string of the molecule is CNC(=O)C(CN)Cc1cccc(OC(F)(F)F)c1. The molecule has 1 atom stereocenters. The molecule has 0 spiro atoms. The first-order chi connectivity index (χ1) is 8.85. The Morgan fingerprint density at radius 1 is 1.47 bits per heavy atom. The van der Waals surface area contributed by atoms with Crippen molar-refractivity contribution in [2.24, 2.45) is 11.7 Å². The maximum atomic E-state index is 12.1. The Kier molecular flexibility index (Phi) is 5.17. The zero-order valence-electron chi connectivity index (χ0n) is 10.3. The van der Waals surface area contributed by atoms with Gasteiger partial charge in [-0.2, -0.15) is 0 Å². The van der Waals surface area contributed by atoms with Crippen LogP contribution >= 0.6 is 0 Å². The quantitative estimate of drug-likeness (QED) is 0.855. The van der Waals surface area contributed by atoms with Gasteiger partial charge in [0.05, 0.1) is 5.92 Å². The van der Waals surface area contributed by atoms with Crippen LogP contribution in [0.1, 0.15) is 5.56 Å². The summed E-state index contributed by atoms with van der Waals surface area (Å²) in [5.74, 6) is -1.03. The van der Waals surface area contributed by atoms with Gasteiger partial charge >= 0.3 is 6.36 Å². The van der Waals surface area contributed by atoms with Crippen LogP contribution in [0.5, 0.6) is 5.75 Å². The molecule has 0 fully saturated rings. The predicted octanol–water partition coefficient (Wildman–Crippen LogP) is 1.45. The van der Waals surface area contributed by atoms with Crippen LogP contribution in [0.25, 0.3) is 0 Å². The van der Waals surface area contributed by atoms with Gasteiger partial charge in [-0.05, 0) is 24.1 Å². The molecular weight excluding hydrogens is 261 g/mol. The van der Waals surface area contributed by atoms with Gasteiger partial charge < -0.3 is 15.8 Å². The van der Waals surface area contributed by atoms with Crippen LogP contribution in [-0.4, -0.2) is 25.9 Å². The van der Waals surface area contributed by atoms with Gasteiger partial charge in [0.15, 0.2) is 0 Å². The smallest absolute Gasteiger partial charge is 0.406 e. The summed E-state index contributed by atoms with van der Waals surface area (Å²) >= 11 is 0. The highest BCUT2D eigenvalue weighted by atomic mass is 19.4. The molecular formula is C12H15F3N2O2. The summed E-state index contributed by atoms with van der Waals surface area (Å²) in [4.78, 5) is 11.5. The van der Waals surface area contributed by atoms with Crippen molar-refractivity contribution in [2.45, 2.75) is 12.8 Å². The van der Waals surface area contributed by atoms with Gasteiger partial charge in [0.25, 0.3) is 0 Å². The van der Waals surface area contributed by atoms with E-state index < -0.39 is 12.3 Å². The predicted molar refractivity (Wildman–Crippen MR) is 63.4 cm³/mol. The summed E-state index contributed by atoms with van der Waals surface area (Å²) in [6.45, 7) is 0.115. The van der Waals surface area contributed by atoms with Gasteiger partial charge in [-0.1, -0.05) is 12.1 Å². The van der Waals surface area contributed by atoms with Gasteiger partial charge in [0, 0.05) is 13.6 Å². The third-order valence-electron chi connectivity index (χ3n) is 2.52.